The molecule has 0 fully saturated rings. The topological polar surface area (TPSA) is 82.5 Å². The van der Waals surface area contributed by atoms with Gasteiger partial charge in [0.05, 0.1) is 5.69 Å². The summed E-state index contributed by atoms with van der Waals surface area (Å²) in [5.41, 5.74) is 2.39. The first-order valence-corrected chi connectivity index (χ1v) is 9.16. The molecule has 0 radical (unpaired) electrons. The molecule has 0 atom stereocenters. The van der Waals surface area contributed by atoms with Crippen LogP contribution in [0.25, 0.3) is 11.3 Å². The van der Waals surface area contributed by atoms with E-state index in [0.29, 0.717) is 16.6 Å². The molecule has 1 aliphatic heterocycles. The van der Waals surface area contributed by atoms with Gasteiger partial charge in [0.1, 0.15) is 6.54 Å². The van der Waals surface area contributed by atoms with Crippen molar-refractivity contribution in [1.29, 1.82) is 0 Å². The van der Waals surface area contributed by atoms with Crippen molar-refractivity contribution in [3.8, 4) is 22.8 Å². The zero-order valence-electron chi connectivity index (χ0n) is 13.1. The normalized spacial score (nSPS) is 12.4. The average Bonchev–Trinajstić information content (AvgIpc) is 3.31. The number of nitrogens with zero attached hydrogens (tertiary/aromatic N) is 2. The molecule has 0 bridgehead atoms. The van der Waals surface area contributed by atoms with Gasteiger partial charge in [-0.1, -0.05) is 11.3 Å². The lowest BCUT2D eigenvalue weighted by atomic mass is 10.1. The highest BCUT2D eigenvalue weighted by Crippen LogP contribution is 2.36. The molecule has 7 nitrogen and oxygen atoms in total. The zero-order chi connectivity index (χ0) is 17.4. The Morgan fingerprint density at radius 3 is 2.92 bits per heavy atom. The number of anilines is 1. The predicted octanol–water partition coefficient (Wildman–Crippen LogP) is 2.71. The molecule has 1 amide bonds. The molecule has 0 saturated carbocycles. The first kappa shape index (κ1) is 15.9. The largest absolute Gasteiger partial charge is 0.454 e. The molecular formula is C16H13N3O4S2. The summed E-state index contributed by atoms with van der Waals surface area (Å²) in [7, 11) is 0. The van der Waals surface area contributed by atoms with Crippen molar-refractivity contribution in [1.82, 2.24) is 9.55 Å². The SMILES string of the molecule is Cc1csc(=O)n1CC(=O)Nc1nc(-c2ccc3c(c2)OCO3)cs1. The summed E-state index contributed by atoms with van der Waals surface area (Å²) < 4.78 is 12.1. The number of carbonyl (C=O) groups excluding carboxylic acids is 1. The number of nitrogens with one attached hydrogen (secondary N) is 1. The minimum Gasteiger partial charge on any atom is -0.454 e. The van der Waals surface area contributed by atoms with Gasteiger partial charge in [-0.05, 0) is 25.1 Å². The van der Waals surface area contributed by atoms with Crippen LogP contribution in [0.4, 0.5) is 5.13 Å². The second-order valence-electron chi connectivity index (χ2n) is 5.38. The van der Waals surface area contributed by atoms with E-state index in [4.69, 9.17) is 9.47 Å². The molecule has 1 aromatic carbocycles. The lowest BCUT2D eigenvalue weighted by molar-refractivity contribution is -0.116. The highest BCUT2D eigenvalue weighted by molar-refractivity contribution is 7.14. The smallest absolute Gasteiger partial charge is 0.307 e. The summed E-state index contributed by atoms with van der Waals surface area (Å²) in [5.74, 6) is 1.11. The van der Waals surface area contributed by atoms with Crippen molar-refractivity contribution in [3.05, 3.63) is 44.3 Å². The molecule has 0 spiro atoms. The highest BCUT2D eigenvalue weighted by atomic mass is 32.1. The summed E-state index contributed by atoms with van der Waals surface area (Å²) in [6.45, 7) is 2.00. The van der Waals surface area contributed by atoms with Crippen LogP contribution >= 0.6 is 22.7 Å². The predicted molar refractivity (Wildman–Crippen MR) is 95.6 cm³/mol. The van der Waals surface area contributed by atoms with Crippen LogP contribution in [0, 0.1) is 6.92 Å². The van der Waals surface area contributed by atoms with Crippen LogP contribution in [-0.4, -0.2) is 22.3 Å². The number of rotatable bonds is 4. The number of aryl methyl sites for hydroxylation is 1. The fraction of sp³-hybridized carbons (Fsp3) is 0.188. The highest BCUT2D eigenvalue weighted by Gasteiger charge is 2.16. The van der Waals surface area contributed by atoms with Gasteiger partial charge < -0.3 is 14.8 Å². The molecule has 1 N–H and O–H groups in total. The number of fused-ring (bicyclic) bond motifs is 1. The molecule has 0 saturated heterocycles. The number of ether oxygens (including phenoxy) is 2. The molecule has 0 aliphatic carbocycles. The summed E-state index contributed by atoms with van der Waals surface area (Å²) >= 11 is 2.41. The Kier molecular flexibility index (Phi) is 4.02. The number of aromatic nitrogens is 2. The lowest BCUT2D eigenvalue weighted by Gasteiger charge is -2.04. The van der Waals surface area contributed by atoms with Crippen LogP contribution in [0.2, 0.25) is 0 Å². The molecule has 3 aromatic rings. The van der Waals surface area contributed by atoms with E-state index < -0.39 is 0 Å². The molecule has 9 heteroatoms. The van der Waals surface area contributed by atoms with Gasteiger partial charge in [0, 0.05) is 22.0 Å². The maximum absolute atomic E-state index is 12.1. The van der Waals surface area contributed by atoms with Crippen molar-refractivity contribution in [3.63, 3.8) is 0 Å². The van der Waals surface area contributed by atoms with Crippen LogP contribution in [-0.2, 0) is 11.3 Å². The average molecular weight is 375 g/mol. The van der Waals surface area contributed by atoms with Gasteiger partial charge in [-0.15, -0.1) is 11.3 Å². The van der Waals surface area contributed by atoms with E-state index in [9.17, 15) is 9.59 Å². The maximum atomic E-state index is 12.1. The fourth-order valence-electron chi connectivity index (χ4n) is 2.42. The molecule has 2 aromatic heterocycles. The summed E-state index contributed by atoms with van der Waals surface area (Å²) in [5, 5.41) is 6.81. The number of carbonyl (C=O) groups is 1. The second-order valence-corrected chi connectivity index (χ2v) is 7.06. The van der Waals surface area contributed by atoms with Gasteiger partial charge in [0.25, 0.3) is 0 Å². The van der Waals surface area contributed by atoms with Crippen LogP contribution in [0.15, 0.2) is 33.8 Å². The Balaban J connectivity index is 1.48. The van der Waals surface area contributed by atoms with Crippen LogP contribution in [0.3, 0.4) is 0 Å². The van der Waals surface area contributed by atoms with Gasteiger partial charge in [0.15, 0.2) is 16.6 Å². The fourth-order valence-corrected chi connectivity index (χ4v) is 3.89. The van der Waals surface area contributed by atoms with E-state index in [1.807, 2.05) is 23.6 Å². The van der Waals surface area contributed by atoms with Crippen molar-refractivity contribution >= 4 is 33.7 Å². The summed E-state index contributed by atoms with van der Waals surface area (Å²) in [6, 6.07) is 5.58. The number of amides is 1. The standard InChI is InChI=1S/C16H13N3O4S2/c1-9-6-25-16(21)19(9)5-14(20)18-15-17-11(7-24-15)10-2-3-12-13(4-10)23-8-22-12/h2-4,6-7H,5,8H2,1H3,(H,17,18,20). The number of thiazole rings is 2. The van der Waals surface area contributed by atoms with E-state index in [1.165, 1.54) is 15.9 Å². The van der Waals surface area contributed by atoms with Gasteiger partial charge in [-0.2, -0.15) is 0 Å². The van der Waals surface area contributed by atoms with Crippen LogP contribution < -0.4 is 19.7 Å². The van der Waals surface area contributed by atoms with Crippen LogP contribution in [0.1, 0.15) is 5.69 Å². The Bertz CT molecular complexity index is 1000. The van der Waals surface area contributed by atoms with Crippen LogP contribution in [0.5, 0.6) is 11.5 Å². The Morgan fingerprint density at radius 2 is 2.12 bits per heavy atom. The second kappa shape index (κ2) is 6.34. The van der Waals surface area contributed by atoms with Gasteiger partial charge >= 0.3 is 4.87 Å². The van der Waals surface area contributed by atoms with E-state index >= 15 is 0 Å². The monoisotopic (exact) mass is 375 g/mol. The summed E-state index contributed by atoms with van der Waals surface area (Å²) in [4.78, 5) is 28.1. The molecule has 25 heavy (non-hydrogen) atoms. The van der Waals surface area contributed by atoms with E-state index in [2.05, 4.69) is 10.3 Å². The molecule has 3 heterocycles. The minimum absolute atomic E-state index is 0.0207. The first-order chi connectivity index (χ1) is 12.1. The minimum atomic E-state index is -0.282. The Morgan fingerprint density at radius 1 is 1.28 bits per heavy atom. The van der Waals surface area contributed by atoms with E-state index in [0.717, 1.165) is 28.3 Å². The van der Waals surface area contributed by atoms with E-state index in [1.54, 1.807) is 12.3 Å². The van der Waals surface area contributed by atoms with Crippen molar-refractivity contribution < 1.29 is 14.3 Å². The van der Waals surface area contributed by atoms with Crippen molar-refractivity contribution in [2.24, 2.45) is 0 Å². The zero-order valence-corrected chi connectivity index (χ0v) is 14.8. The first-order valence-electron chi connectivity index (χ1n) is 7.40. The quantitative estimate of drug-likeness (QED) is 0.758. The number of benzene rings is 1. The Hall–Kier alpha value is -2.65. The Labute approximate surface area is 150 Å². The molecule has 1 aliphatic rings. The third kappa shape index (κ3) is 3.15. The number of hydrogen-bond acceptors (Lipinski definition) is 7. The van der Waals surface area contributed by atoms with Gasteiger partial charge in [0.2, 0.25) is 12.7 Å². The molecule has 4 rings (SSSR count). The molecular weight excluding hydrogens is 362 g/mol. The molecule has 128 valence electrons. The summed E-state index contributed by atoms with van der Waals surface area (Å²) in [6.07, 6.45) is 0. The van der Waals surface area contributed by atoms with Crippen molar-refractivity contribution in [2.45, 2.75) is 13.5 Å². The van der Waals surface area contributed by atoms with E-state index in [-0.39, 0.29) is 24.1 Å². The lowest BCUT2D eigenvalue weighted by Crippen LogP contribution is -2.25. The maximum Gasteiger partial charge on any atom is 0.307 e. The van der Waals surface area contributed by atoms with Gasteiger partial charge in [-0.25, -0.2) is 4.98 Å². The van der Waals surface area contributed by atoms with Gasteiger partial charge in [-0.3, -0.25) is 14.2 Å². The third-order valence-corrected chi connectivity index (χ3v) is 5.34. The molecule has 0 unspecified atom stereocenters. The van der Waals surface area contributed by atoms with Crippen molar-refractivity contribution in [2.75, 3.05) is 12.1 Å². The third-order valence-electron chi connectivity index (χ3n) is 3.70. The number of hydrogen-bond donors (Lipinski definition) is 1.